The molecule has 1 aromatic carbocycles. The van der Waals surface area contributed by atoms with Crippen LogP contribution in [0.1, 0.15) is 62.3 Å². The first-order valence-electron chi connectivity index (χ1n) is 8.43. The number of hydrogen-bond acceptors (Lipinski definition) is 3. The standard InChI is InChI=1S/C20H22FN3/c1-11(2)15-9-4-12(3)17-18(13-5-7-14(21)8-6-13)16(10-22)20(23)24-19(15)17/h5-8,11-12,15H,4,9H2,1-3H3,(H2,23,24). The molecule has 1 aliphatic rings. The van der Waals surface area contributed by atoms with Crippen molar-refractivity contribution >= 4 is 5.82 Å². The van der Waals surface area contributed by atoms with Gasteiger partial charge in [-0.25, -0.2) is 9.37 Å². The van der Waals surface area contributed by atoms with Crippen LogP contribution in [-0.2, 0) is 0 Å². The average Bonchev–Trinajstić information content (AvgIpc) is 2.54. The van der Waals surface area contributed by atoms with Crippen molar-refractivity contribution in [3.8, 4) is 17.2 Å². The predicted octanol–water partition coefficient (Wildman–Crippen LogP) is 4.98. The van der Waals surface area contributed by atoms with Gasteiger partial charge in [0.15, 0.2) is 0 Å². The van der Waals surface area contributed by atoms with Crippen LogP contribution in [0.25, 0.3) is 11.1 Å². The summed E-state index contributed by atoms with van der Waals surface area (Å²) in [6.45, 7) is 6.55. The number of pyridine rings is 1. The highest BCUT2D eigenvalue weighted by Gasteiger charge is 2.33. The summed E-state index contributed by atoms with van der Waals surface area (Å²) in [6.07, 6.45) is 2.13. The Morgan fingerprint density at radius 1 is 1.25 bits per heavy atom. The smallest absolute Gasteiger partial charge is 0.142 e. The minimum Gasteiger partial charge on any atom is -0.383 e. The number of nitrogen functional groups attached to an aromatic ring is 1. The van der Waals surface area contributed by atoms with Crippen molar-refractivity contribution in [2.24, 2.45) is 5.92 Å². The molecule has 1 aromatic heterocycles. The van der Waals surface area contributed by atoms with Crippen LogP contribution in [0.3, 0.4) is 0 Å². The zero-order chi connectivity index (χ0) is 17.4. The van der Waals surface area contributed by atoms with Crippen molar-refractivity contribution in [3.05, 3.63) is 46.9 Å². The summed E-state index contributed by atoms with van der Waals surface area (Å²) in [4.78, 5) is 4.62. The Balaban J connectivity index is 2.34. The van der Waals surface area contributed by atoms with E-state index in [0.717, 1.165) is 35.2 Å². The van der Waals surface area contributed by atoms with E-state index in [4.69, 9.17) is 5.73 Å². The number of rotatable bonds is 2. The molecule has 2 aromatic rings. The van der Waals surface area contributed by atoms with E-state index in [1.54, 1.807) is 12.1 Å². The molecule has 124 valence electrons. The number of fused-ring (bicyclic) bond motifs is 1. The third-order valence-electron chi connectivity index (χ3n) is 5.10. The Bertz CT molecular complexity index is 803. The lowest BCUT2D eigenvalue weighted by molar-refractivity contribution is 0.401. The normalized spacial score (nSPS) is 19.8. The summed E-state index contributed by atoms with van der Waals surface area (Å²) in [7, 11) is 0. The minimum absolute atomic E-state index is 0.273. The molecule has 3 nitrogen and oxygen atoms in total. The number of nitrogens with two attached hydrogens (primary N) is 1. The highest BCUT2D eigenvalue weighted by Crippen LogP contribution is 2.47. The Labute approximate surface area is 142 Å². The maximum absolute atomic E-state index is 13.3. The molecule has 2 unspecified atom stereocenters. The molecule has 0 aliphatic heterocycles. The van der Waals surface area contributed by atoms with E-state index in [2.05, 4.69) is 31.8 Å². The number of nitriles is 1. The Kier molecular flexibility index (Phi) is 4.28. The van der Waals surface area contributed by atoms with Gasteiger partial charge < -0.3 is 5.73 Å². The molecule has 0 saturated carbocycles. The fraction of sp³-hybridized carbons (Fsp3) is 0.400. The number of aromatic nitrogens is 1. The molecule has 0 radical (unpaired) electrons. The largest absolute Gasteiger partial charge is 0.383 e. The maximum atomic E-state index is 13.3. The summed E-state index contributed by atoms with van der Waals surface area (Å²) in [5.41, 5.74) is 10.3. The second-order valence-corrected chi connectivity index (χ2v) is 6.99. The predicted molar refractivity (Wildman–Crippen MR) is 94.0 cm³/mol. The molecule has 24 heavy (non-hydrogen) atoms. The van der Waals surface area contributed by atoms with E-state index in [1.807, 2.05) is 0 Å². The van der Waals surface area contributed by atoms with Crippen LogP contribution in [0.5, 0.6) is 0 Å². The molecule has 2 atom stereocenters. The second kappa shape index (κ2) is 6.24. The lowest BCUT2D eigenvalue weighted by Gasteiger charge is -2.33. The average molecular weight is 323 g/mol. The van der Waals surface area contributed by atoms with Crippen molar-refractivity contribution in [1.29, 1.82) is 5.26 Å². The van der Waals surface area contributed by atoms with Crippen LogP contribution in [-0.4, -0.2) is 4.98 Å². The van der Waals surface area contributed by atoms with Gasteiger partial charge in [-0.15, -0.1) is 0 Å². The lowest BCUT2D eigenvalue weighted by Crippen LogP contribution is -2.21. The van der Waals surface area contributed by atoms with Gasteiger partial charge in [0, 0.05) is 11.5 Å². The van der Waals surface area contributed by atoms with Crippen LogP contribution in [0.15, 0.2) is 24.3 Å². The molecule has 1 heterocycles. The molecule has 4 heteroatoms. The van der Waals surface area contributed by atoms with Crippen LogP contribution < -0.4 is 5.73 Å². The molecule has 2 N–H and O–H groups in total. The first-order valence-corrected chi connectivity index (χ1v) is 8.43. The van der Waals surface area contributed by atoms with Gasteiger partial charge >= 0.3 is 0 Å². The zero-order valence-corrected chi connectivity index (χ0v) is 14.3. The minimum atomic E-state index is -0.291. The first-order chi connectivity index (χ1) is 11.4. The van der Waals surface area contributed by atoms with Crippen molar-refractivity contribution in [3.63, 3.8) is 0 Å². The molecular weight excluding hydrogens is 301 g/mol. The number of nitrogens with zero attached hydrogens (tertiary/aromatic N) is 2. The molecule has 3 rings (SSSR count). The van der Waals surface area contributed by atoms with Crippen LogP contribution >= 0.6 is 0 Å². The molecular formula is C20H22FN3. The molecule has 0 fully saturated rings. The summed E-state index contributed by atoms with van der Waals surface area (Å²) in [6, 6.07) is 8.50. The van der Waals surface area contributed by atoms with E-state index < -0.39 is 0 Å². The highest BCUT2D eigenvalue weighted by molar-refractivity contribution is 5.80. The van der Waals surface area contributed by atoms with Gasteiger partial charge in [-0.2, -0.15) is 5.26 Å². The first kappa shape index (κ1) is 16.4. The molecule has 0 bridgehead atoms. The number of halogens is 1. The Hall–Kier alpha value is -2.41. The van der Waals surface area contributed by atoms with E-state index >= 15 is 0 Å². The van der Waals surface area contributed by atoms with E-state index in [1.165, 1.54) is 12.1 Å². The molecule has 0 saturated heterocycles. The Morgan fingerprint density at radius 2 is 1.92 bits per heavy atom. The summed E-state index contributed by atoms with van der Waals surface area (Å²) < 4.78 is 13.3. The molecule has 0 spiro atoms. The summed E-state index contributed by atoms with van der Waals surface area (Å²) in [5.74, 6) is 1.08. The molecule has 0 amide bonds. The van der Waals surface area contributed by atoms with Crippen molar-refractivity contribution < 1.29 is 4.39 Å². The van der Waals surface area contributed by atoms with Gasteiger partial charge in [0.05, 0.1) is 5.69 Å². The topological polar surface area (TPSA) is 62.7 Å². The molecule has 1 aliphatic carbocycles. The van der Waals surface area contributed by atoms with Crippen LogP contribution in [0.4, 0.5) is 10.2 Å². The van der Waals surface area contributed by atoms with Gasteiger partial charge in [0.1, 0.15) is 23.3 Å². The van der Waals surface area contributed by atoms with E-state index in [9.17, 15) is 9.65 Å². The van der Waals surface area contributed by atoms with Crippen LogP contribution in [0, 0.1) is 23.1 Å². The van der Waals surface area contributed by atoms with E-state index in [0.29, 0.717) is 23.3 Å². The van der Waals surface area contributed by atoms with Crippen molar-refractivity contribution in [2.45, 2.75) is 45.4 Å². The monoisotopic (exact) mass is 323 g/mol. The number of anilines is 1. The van der Waals surface area contributed by atoms with Gasteiger partial charge in [-0.3, -0.25) is 0 Å². The van der Waals surface area contributed by atoms with Gasteiger partial charge in [0.25, 0.3) is 0 Å². The van der Waals surface area contributed by atoms with E-state index in [-0.39, 0.29) is 11.6 Å². The van der Waals surface area contributed by atoms with Crippen molar-refractivity contribution in [1.82, 2.24) is 4.98 Å². The maximum Gasteiger partial charge on any atom is 0.142 e. The zero-order valence-electron chi connectivity index (χ0n) is 14.3. The third-order valence-corrected chi connectivity index (χ3v) is 5.10. The van der Waals surface area contributed by atoms with Crippen molar-refractivity contribution in [2.75, 3.05) is 5.73 Å². The Morgan fingerprint density at radius 3 is 2.50 bits per heavy atom. The fourth-order valence-electron chi connectivity index (χ4n) is 3.81. The number of benzene rings is 1. The quantitative estimate of drug-likeness (QED) is 0.848. The lowest BCUT2D eigenvalue weighted by atomic mass is 9.72. The fourth-order valence-corrected chi connectivity index (χ4v) is 3.81. The summed E-state index contributed by atoms with van der Waals surface area (Å²) >= 11 is 0. The summed E-state index contributed by atoms with van der Waals surface area (Å²) in [5, 5.41) is 9.63. The van der Waals surface area contributed by atoms with Crippen LogP contribution in [0.2, 0.25) is 0 Å². The highest BCUT2D eigenvalue weighted by atomic mass is 19.1. The number of hydrogen-bond donors (Lipinski definition) is 1. The van der Waals surface area contributed by atoms with Gasteiger partial charge in [-0.05, 0) is 47.9 Å². The van der Waals surface area contributed by atoms with Gasteiger partial charge in [0.2, 0.25) is 0 Å². The SMILES string of the molecule is CC1CCC(C(C)C)c2nc(N)c(C#N)c(-c3ccc(F)cc3)c21. The van der Waals surface area contributed by atoms with Gasteiger partial charge in [-0.1, -0.05) is 32.9 Å². The second-order valence-electron chi connectivity index (χ2n) is 6.99. The third kappa shape index (κ3) is 2.65.